The van der Waals surface area contributed by atoms with E-state index in [-0.39, 0.29) is 22.6 Å². The lowest BCUT2D eigenvalue weighted by Gasteiger charge is -2.04. The zero-order valence-electron chi connectivity index (χ0n) is 15.5. The number of carbonyl (C=O) groups excluding carboxylic acids is 1. The average Bonchev–Trinajstić information content (AvgIpc) is 3.34. The number of amides is 1. The Morgan fingerprint density at radius 3 is 2.60 bits per heavy atom. The third-order valence-electron chi connectivity index (χ3n) is 4.05. The zero-order chi connectivity index (χ0) is 21.1. The molecular weight excluding hydrogens is 430 g/mol. The lowest BCUT2D eigenvalue weighted by Crippen LogP contribution is -2.14. The number of anilines is 1. The molecule has 0 atom stereocenters. The molecule has 0 spiro atoms. The van der Waals surface area contributed by atoms with Crippen LogP contribution in [0.2, 0.25) is 0 Å². The van der Waals surface area contributed by atoms with Gasteiger partial charge >= 0.3 is 0 Å². The van der Waals surface area contributed by atoms with Gasteiger partial charge in [0.2, 0.25) is 11.0 Å². The van der Waals surface area contributed by atoms with E-state index in [1.165, 1.54) is 30.0 Å². The smallest absolute Gasteiger partial charge is 0.236 e. The van der Waals surface area contributed by atoms with Gasteiger partial charge in [-0.05, 0) is 36.4 Å². The molecule has 4 aromatic rings. The Kier molecular flexibility index (Phi) is 5.81. The second-order valence-electron chi connectivity index (χ2n) is 6.10. The van der Waals surface area contributed by atoms with Gasteiger partial charge < -0.3 is 4.57 Å². The predicted molar refractivity (Wildman–Crippen MR) is 111 cm³/mol. The number of rotatable bonds is 6. The standard InChI is InChI=1S/C19H14F2N6OS2/c1-27-16(11-6-8-12(20)9-7-11)23-26-19(27)29-10-15(28)22-18-25-24-17(30-18)13-4-2-3-5-14(13)21/h2-9H,10H2,1H3,(H,22,25,28). The average molecular weight is 444 g/mol. The molecule has 0 fully saturated rings. The molecule has 0 saturated carbocycles. The van der Waals surface area contributed by atoms with Crippen LogP contribution >= 0.6 is 23.1 Å². The summed E-state index contributed by atoms with van der Waals surface area (Å²) in [5, 5.41) is 19.9. The molecule has 2 heterocycles. The van der Waals surface area contributed by atoms with Crippen LogP contribution in [0.1, 0.15) is 0 Å². The zero-order valence-corrected chi connectivity index (χ0v) is 17.2. The predicted octanol–water partition coefficient (Wildman–Crippen LogP) is 4.01. The van der Waals surface area contributed by atoms with Gasteiger partial charge in [0.15, 0.2) is 16.0 Å². The van der Waals surface area contributed by atoms with Crippen LogP contribution in [0.5, 0.6) is 0 Å². The van der Waals surface area contributed by atoms with Crippen molar-refractivity contribution in [3.63, 3.8) is 0 Å². The molecule has 0 saturated heterocycles. The van der Waals surface area contributed by atoms with E-state index in [9.17, 15) is 13.6 Å². The Balaban J connectivity index is 1.38. The Labute approximate surface area is 178 Å². The van der Waals surface area contributed by atoms with Gasteiger partial charge in [0.25, 0.3) is 0 Å². The number of nitrogens with one attached hydrogen (secondary N) is 1. The number of halogens is 2. The van der Waals surface area contributed by atoms with Crippen molar-refractivity contribution < 1.29 is 13.6 Å². The third kappa shape index (κ3) is 4.36. The highest BCUT2D eigenvalue weighted by Crippen LogP contribution is 2.28. The number of benzene rings is 2. The number of thioether (sulfide) groups is 1. The van der Waals surface area contributed by atoms with Crippen LogP contribution < -0.4 is 5.32 Å². The van der Waals surface area contributed by atoms with Crippen molar-refractivity contribution in [1.29, 1.82) is 0 Å². The molecule has 0 bridgehead atoms. The van der Waals surface area contributed by atoms with Crippen LogP contribution in [-0.4, -0.2) is 36.6 Å². The molecule has 2 aromatic heterocycles. The number of carbonyl (C=O) groups is 1. The van der Waals surface area contributed by atoms with Crippen molar-refractivity contribution in [2.24, 2.45) is 7.05 Å². The first-order valence-electron chi connectivity index (χ1n) is 8.67. The Morgan fingerprint density at radius 2 is 1.83 bits per heavy atom. The summed E-state index contributed by atoms with van der Waals surface area (Å²) >= 11 is 2.29. The maximum absolute atomic E-state index is 13.9. The lowest BCUT2D eigenvalue weighted by molar-refractivity contribution is -0.113. The molecule has 0 aliphatic heterocycles. The molecule has 0 radical (unpaired) electrons. The Hall–Kier alpha value is -3.18. The summed E-state index contributed by atoms with van der Waals surface area (Å²) in [7, 11) is 1.77. The lowest BCUT2D eigenvalue weighted by atomic mass is 10.2. The van der Waals surface area contributed by atoms with Crippen molar-refractivity contribution in [2.75, 3.05) is 11.1 Å². The second kappa shape index (κ2) is 8.67. The highest BCUT2D eigenvalue weighted by Gasteiger charge is 2.15. The largest absolute Gasteiger partial charge is 0.305 e. The summed E-state index contributed by atoms with van der Waals surface area (Å²) in [6, 6.07) is 12.2. The summed E-state index contributed by atoms with van der Waals surface area (Å²) in [6.45, 7) is 0. The van der Waals surface area contributed by atoms with Gasteiger partial charge in [0, 0.05) is 18.2 Å². The number of aromatic nitrogens is 5. The number of nitrogens with zero attached hydrogens (tertiary/aromatic N) is 5. The molecule has 2 aromatic carbocycles. The highest BCUT2D eigenvalue weighted by atomic mass is 32.2. The van der Waals surface area contributed by atoms with Gasteiger partial charge in [0.1, 0.15) is 11.6 Å². The first kappa shape index (κ1) is 20.1. The van der Waals surface area contributed by atoms with Crippen molar-refractivity contribution in [3.8, 4) is 22.0 Å². The van der Waals surface area contributed by atoms with E-state index in [0.29, 0.717) is 21.6 Å². The molecule has 0 aliphatic carbocycles. The van der Waals surface area contributed by atoms with Crippen molar-refractivity contribution in [2.45, 2.75) is 5.16 Å². The molecule has 152 valence electrons. The fraction of sp³-hybridized carbons (Fsp3) is 0.105. The monoisotopic (exact) mass is 444 g/mol. The van der Waals surface area contributed by atoms with Gasteiger partial charge in [-0.25, -0.2) is 8.78 Å². The van der Waals surface area contributed by atoms with Crippen LogP contribution in [-0.2, 0) is 11.8 Å². The van der Waals surface area contributed by atoms with Gasteiger partial charge in [-0.1, -0.05) is 35.2 Å². The SMILES string of the molecule is Cn1c(SCC(=O)Nc2nnc(-c3ccccc3F)s2)nnc1-c1ccc(F)cc1. The molecule has 1 amide bonds. The molecule has 0 unspecified atom stereocenters. The molecule has 0 aliphatic rings. The highest BCUT2D eigenvalue weighted by molar-refractivity contribution is 7.99. The van der Waals surface area contributed by atoms with Gasteiger partial charge in [-0.2, -0.15) is 0 Å². The van der Waals surface area contributed by atoms with E-state index in [4.69, 9.17) is 0 Å². The van der Waals surface area contributed by atoms with Crippen LogP contribution in [0.4, 0.5) is 13.9 Å². The molecular formula is C19H14F2N6OS2. The normalized spacial score (nSPS) is 10.9. The quantitative estimate of drug-likeness (QED) is 0.453. The van der Waals surface area contributed by atoms with E-state index in [0.717, 1.165) is 16.9 Å². The van der Waals surface area contributed by atoms with E-state index in [2.05, 4.69) is 25.7 Å². The molecule has 30 heavy (non-hydrogen) atoms. The molecule has 11 heteroatoms. The van der Waals surface area contributed by atoms with E-state index in [1.54, 1.807) is 41.9 Å². The maximum atomic E-state index is 13.9. The minimum atomic E-state index is -0.402. The summed E-state index contributed by atoms with van der Waals surface area (Å²) < 4.78 is 28.7. The van der Waals surface area contributed by atoms with E-state index >= 15 is 0 Å². The summed E-state index contributed by atoms with van der Waals surface area (Å²) in [4.78, 5) is 12.3. The van der Waals surface area contributed by atoms with Crippen molar-refractivity contribution >= 4 is 34.1 Å². The Morgan fingerprint density at radius 1 is 1.07 bits per heavy atom. The molecule has 4 rings (SSSR count). The van der Waals surface area contributed by atoms with Gasteiger partial charge in [-0.3, -0.25) is 10.1 Å². The number of hydrogen-bond donors (Lipinski definition) is 1. The summed E-state index contributed by atoms with van der Waals surface area (Å²) in [5.41, 5.74) is 1.05. The van der Waals surface area contributed by atoms with Gasteiger partial charge in [0.05, 0.1) is 5.75 Å². The third-order valence-corrected chi connectivity index (χ3v) is 5.94. The van der Waals surface area contributed by atoms with E-state index in [1.807, 2.05) is 0 Å². The first-order chi connectivity index (χ1) is 14.5. The minimum Gasteiger partial charge on any atom is -0.305 e. The second-order valence-corrected chi connectivity index (χ2v) is 8.02. The van der Waals surface area contributed by atoms with Crippen LogP contribution in [0.3, 0.4) is 0 Å². The minimum absolute atomic E-state index is 0.0734. The van der Waals surface area contributed by atoms with Gasteiger partial charge in [-0.15, -0.1) is 20.4 Å². The fourth-order valence-corrected chi connectivity index (χ4v) is 4.09. The summed E-state index contributed by atoms with van der Waals surface area (Å²) in [5.74, 6) is -0.397. The molecule has 7 nitrogen and oxygen atoms in total. The Bertz CT molecular complexity index is 1190. The van der Waals surface area contributed by atoms with Crippen LogP contribution in [0.25, 0.3) is 22.0 Å². The van der Waals surface area contributed by atoms with Crippen molar-refractivity contribution in [3.05, 3.63) is 60.2 Å². The first-order valence-corrected chi connectivity index (χ1v) is 10.5. The topological polar surface area (TPSA) is 85.6 Å². The van der Waals surface area contributed by atoms with E-state index < -0.39 is 5.82 Å². The van der Waals surface area contributed by atoms with Crippen LogP contribution in [0, 0.1) is 11.6 Å². The van der Waals surface area contributed by atoms with Crippen LogP contribution in [0.15, 0.2) is 53.7 Å². The fourth-order valence-electron chi connectivity index (χ4n) is 2.59. The van der Waals surface area contributed by atoms with Crippen molar-refractivity contribution in [1.82, 2.24) is 25.0 Å². The molecule has 1 N–H and O–H groups in total. The maximum Gasteiger partial charge on any atom is 0.236 e. The summed E-state index contributed by atoms with van der Waals surface area (Å²) in [6.07, 6.45) is 0. The number of hydrogen-bond acceptors (Lipinski definition) is 7.